The maximum Gasteiger partial charge on any atom is 0.309 e. The van der Waals surface area contributed by atoms with Crippen LogP contribution >= 0.6 is 0 Å². The first-order chi connectivity index (χ1) is 9.73. The van der Waals surface area contributed by atoms with Gasteiger partial charge in [-0.15, -0.1) is 0 Å². The average molecular weight is 304 g/mol. The van der Waals surface area contributed by atoms with Gasteiger partial charge < -0.3 is 25.2 Å². The molecule has 0 aromatic rings. The molecule has 4 unspecified atom stereocenters. The molecule has 21 heavy (non-hydrogen) atoms. The number of ether oxygens (including phenoxy) is 1. The number of rotatable bonds is 8. The molecule has 0 spiro atoms. The van der Waals surface area contributed by atoms with E-state index in [-0.39, 0.29) is 13.0 Å². The number of aliphatic carboxylic acids is 4. The van der Waals surface area contributed by atoms with Gasteiger partial charge in [0.2, 0.25) is 0 Å². The molecule has 1 aliphatic rings. The Hall–Kier alpha value is -2.16. The number of carbonyl (C=O) groups is 4. The highest BCUT2D eigenvalue weighted by Crippen LogP contribution is 2.36. The van der Waals surface area contributed by atoms with E-state index < -0.39 is 60.6 Å². The Balaban J connectivity index is 2.98. The second kappa shape index (κ2) is 7.02. The summed E-state index contributed by atoms with van der Waals surface area (Å²) >= 11 is 0. The largest absolute Gasteiger partial charge is 0.481 e. The van der Waals surface area contributed by atoms with Gasteiger partial charge in [-0.1, -0.05) is 0 Å². The van der Waals surface area contributed by atoms with Crippen LogP contribution in [0, 0.1) is 17.8 Å². The van der Waals surface area contributed by atoms with E-state index in [9.17, 15) is 19.2 Å². The quantitative estimate of drug-likeness (QED) is 0.474. The molecule has 0 saturated carbocycles. The van der Waals surface area contributed by atoms with Gasteiger partial charge in [0, 0.05) is 12.5 Å². The van der Waals surface area contributed by atoms with Crippen molar-refractivity contribution in [2.75, 3.05) is 6.61 Å². The number of hydrogen-bond donors (Lipinski definition) is 4. The van der Waals surface area contributed by atoms with Gasteiger partial charge in [-0.2, -0.15) is 0 Å². The molecule has 9 nitrogen and oxygen atoms in total. The van der Waals surface area contributed by atoms with Gasteiger partial charge in [0.15, 0.2) is 0 Å². The maximum atomic E-state index is 11.2. The zero-order valence-electron chi connectivity index (χ0n) is 11.0. The van der Waals surface area contributed by atoms with E-state index in [4.69, 9.17) is 25.2 Å². The van der Waals surface area contributed by atoms with Gasteiger partial charge in [-0.25, -0.2) is 0 Å². The molecule has 9 heteroatoms. The molecule has 1 saturated heterocycles. The van der Waals surface area contributed by atoms with Gasteiger partial charge in [-0.3, -0.25) is 19.2 Å². The van der Waals surface area contributed by atoms with Crippen molar-refractivity contribution < 1.29 is 44.3 Å². The fourth-order valence-electron chi connectivity index (χ4n) is 2.61. The van der Waals surface area contributed by atoms with Crippen molar-refractivity contribution in [3.8, 4) is 0 Å². The van der Waals surface area contributed by atoms with Crippen LogP contribution in [0.2, 0.25) is 0 Å². The smallest absolute Gasteiger partial charge is 0.309 e. The normalized spacial score (nSPS) is 24.2. The monoisotopic (exact) mass is 304 g/mol. The molecule has 118 valence electrons. The van der Waals surface area contributed by atoms with Crippen LogP contribution in [0.1, 0.15) is 19.3 Å². The van der Waals surface area contributed by atoms with Gasteiger partial charge in [0.05, 0.1) is 30.8 Å². The van der Waals surface area contributed by atoms with E-state index in [1.165, 1.54) is 0 Å². The number of carboxylic acids is 4. The molecule has 0 radical (unpaired) electrons. The van der Waals surface area contributed by atoms with Crippen LogP contribution in [-0.2, 0) is 23.9 Å². The molecule has 1 fully saturated rings. The van der Waals surface area contributed by atoms with Crippen LogP contribution in [-0.4, -0.2) is 57.0 Å². The van der Waals surface area contributed by atoms with Crippen molar-refractivity contribution in [2.45, 2.75) is 25.4 Å². The summed E-state index contributed by atoms with van der Waals surface area (Å²) in [7, 11) is 0. The van der Waals surface area contributed by atoms with Crippen molar-refractivity contribution >= 4 is 23.9 Å². The first-order valence-corrected chi connectivity index (χ1v) is 6.24. The number of carboxylic acid groups (broad SMARTS) is 4. The molecular formula is C12H16O9. The van der Waals surface area contributed by atoms with Gasteiger partial charge in [-0.05, 0) is 6.42 Å². The van der Waals surface area contributed by atoms with E-state index in [1.807, 2.05) is 0 Å². The number of hydrogen-bond acceptors (Lipinski definition) is 5. The molecule has 4 atom stereocenters. The third-order valence-corrected chi connectivity index (χ3v) is 3.52. The highest BCUT2D eigenvalue weighted by Gasteiger charge is 2.46. The van der Waals surface area contributed by atoms with Gasteiger partial charge in [0.25, 0.3) is 0 Å². The predicted octanol–water partition coefficient (Wildman–Crippen LogP) is -0.257. The van der Waals surface area contributed by atoms with E-state index in [1.54, 1.807) is 0 Å². The Morgan fingerprint density at radius 2 is 1.38 bits per heavy atom. The minimum Gasteiger partial charge on any atom is -0.481 e. The van der Waals surface area contributed by atoms with Crippen LogP contribution in [0.3, 0.4) is 0 Å². The summed E-state index contributed by atoms with van der Waals surface area (Å²) in [6, 6.07) is 0. The lowest BCUT2D eigenvalue weighted by Crippen LogP contribution is -2.39. The van der Waals surface area contributed by atoms with Crippen LogP contribution < -0.4 is 0 Å². The first kappa shape index (κ1) is 16.9. The topological polar surface area (TPSA) is 158 Å². The van der Waals surface area contributed by atoms with E-state index >= 15 is 0 Å². The van der Waals surface area contributed by atoms with Crippen LogP contribution in [0.25, 0.3) is 0 Å². The zero-order chi connectivity index (χ0) is 16.2. The molecule has 0 amide bonds. The van der Waals surface area contributed by atoms with E-state index in [2.05, 4.69) is 0 Å². The lowest BCUT2D eigenvalue weighted by molar-refractivity contribution is -0.157. The SMILES string of the molecule is O=C(O)CC(C(=O)O)C1CCOC1C(CC(=O)O)C(=O)O. The van der Waals surface area contributed by atoms with E-state index in [0.29, 0.717) is 0 Å². The molecule has 1 heterocycles. The molecule has 4 N–H and O–H groups in total. The standard InChI is InChI=1S/C12H16O9/c13-8(14)3-6(11(17)18)5-1-2-21-10(5)7(12(19)20)4-9(15)16/h5-7,10H,1-4H2,(H,13,14)(H,15,16)(H,17,18)(H,19,20). The Bertz CT molecular complexity index is 404. The Labute approximate surface area is 119 Å². The molecule has 0 aromatic carbocycles. The molecule has 0 aromatic heterocycles. The predicted molar refractivity (Wildman–Crippen MR) is 64.6 cm³/mol. The summed E-state index contributed by atoms with van der Waals surface area (Å²) in [5.74, 6) is -9.01. The highest BCUT2D eigenvalue weighted by atomic mass is 16.5. The first-order valence-electron chi connectivity index (χ1n) is 6.24. The van der Waals surface area contributed by atoms with Crippen LogP contribution in [0.15, 0.2) is 0 Å². The summed E-state index contributed by atoms with van der Waals surface area (Å²) in [4.78, 5) is 43.8. The van der Waals surface area contributed by atoms with Crippen molar-refractivity contribution in [1.82, 2.24) is 0 Å². The molecule has 0 bridgehead atoms. The lowest BCUT2D eigenvalue weighted by atomic mass is 9.79. The Morgan fingerprint density at radius 1 is 0.905 bits per heavy atom. The minimum atomic E-state index is -1.41. The highest BCUT2D eigenvalue weighted by molar-refractivity contribution is 5.80. The van der Waals surface area contributed by atoms with Crippen molar-refractivity contribution in [2.24, 2.45) is 17.8 Å². The fraction of sp³-hybridized carbons (Fsp3) is 0.667. The third-order valence-electron chi connectivity index (χ3n) is 3.52. The Kier molecular flexibility index (Phi) is 5.65. The zero-order valence-corrected chi connectivity index (χ0v) is 11.0. The molecular weight excluding hydrogens is 288 g/mol. The lowest BCUT2D eigenvalue weighted by Gasteiger charge is -2.27. The summed E-state index contributed by atoms with van der Waals surface area (Å²) in [6.45, 7) is 0.0716. The fourth-order valence-corrected chi connectivity index (χ4v) is 2.61. The van der Waals surface area contributed by atoms with Gasteiger partial charge >= 0.3 is 23.9 Å². The third kappa shape index (κ3) is 4.42. The molecule has 1 rings (SSSR count). The molecule has 1 aliphatic heterocycles. The summed E-state index contributed by atoms with van der Waals surface area (Å²) < 4.78 is 5.20. The maximum absolute atomic E-state index is 11.2. The van der Waals surface area contributed by atoms with Gasteiger partial charge in [0.1, 0.15) is 0 Å². The van der Waals surface area contributed by atoms with Crippen molar-refractivity contribution in [3.63, 3.8) is 0 Å². The summed E-state index contributed by atoms with van der Waals surface area (Å²) in [5.41, 5.74) is 0. The summed E-state index contributed by atoms with van der Waals surface area (Å²) in [5, 5.41) is 35.7. The van der Waals surface area contributed by atoms with E-state index in [0.717, 1.165) is 0 Å². The average Bonchev–Trinajstić information content (AvgIpc) is 2.80. The molecule has 0 aliphatic carbocycles. The minimum absolute atomic E-state index is 0.0716. The second-order valence-electron chi connectivity index (χ2n) is 4.87. The summed E-state index contributed by atoms with van der Waals surface area (Å²) in [6.07, 6.45) is -2.33. The Morgan fingerprint density at radius 3 is 1.81 bits per heavy atom. The van der Waals surface area contributed by atoms with Crippen molar-refractivity contribution in [3.05, 3.63) is 0 Å². The second-order valence-corrected chi connectivity index (χ2v) is 4.87. The van der Waals surface area contributed by atoms with Crippen LogP contribution in [0.5, 0.6) is 0 Å². The van der Waals surface area contributed by atoms with Crippen LogP contribution in [0.4, 0.5) is 0 Å². The van der Waals surface area contributed by atoms with Crippen molar-refractivity contribution in [1.29, 1.82) is 0 Å².